The smallest absolute Gasteiger partial charge is 0.306 e. The first-order valence-electron chi connectivity index (χ1n) is 12.6. The van der Waals surface area contributed by atoms with Crippen molar-refractivity contribution in [3.8, 4) is 0 Å². The number of hydrogen-bond acceptors (Lipinski definition) is 6. The van der Waals surface area contributed by atoms with E-state index in [4.69, 9.17) is 9.47 Å². The third kappa shape index (κ3) is 6.66. The van der Waals surface area contributed by atoms with Gasteiger partial charge in [-0.1, -0.05) is 39.7 Å². The first-order valence-corrected chi connectivity index (χ1v) is 13.5. The number of hydrogen-bond donors (Lipinski definition) is 0. The van der Waals surface area contributed by atoms with Crippen molar-refractivity contribution in [3.63, 3.8) is 0 Å². The molecule has 0 amide bonds. The van der Waals surface area contributed by atoms with E-state index in [-0.39, 0.29) is 29.4 Å². The zero-order valence-electron chi connectivity index (χ0n) is 21.5. The minimum absolute atomic E-state index is 0.223. The highest BCUT2D eigenvalue weighted by Crippen LogP contribution is 2.56. The highest BCUT2D eigenvalue weighted by atomic mass is 32.1. The number of ketones is 1. The maximum atomic E-state index is 12.9. The summed E-state index contributed by atoms with van der Waals surface area (Å²) in [6.45, 7) is 14.2. The molecule has 0 radical (unpaired) electrons. The summed E-state index contributed by atoms with van der Waals surface area (Å²) < 4.78 is 12.4. The van der Waals surface area contributed by atoms with Crippen LogP contribution in [0.5, 0.6) is 0 Å². The number of Topliss-reactive ketones (excluding diaryl/α,β-unsaturated/α-hetero) is 1. The molecule has 0 N–H and O–H groups in total. The monoisotopic (exact) mass is 487 g/mol. The van der Waals surface area contributed by atoms with E-state index in [1.54, 1.807) is 11.3 Å². The van der Waals surface area contributed by atoms with Gasteiger partial charge in [0.05, 0.1) is 16.3 Å². The Morgan fingerprint density at radius 2 is 1.97 bits per heavy atom. The average Bonchev–Trinajstić information content (AvgIpc) is 3.09. The van der Waals surface area contributed by atoms with Crippen LogP contribution in [0, 0.1) is 18.3 Å². The summed E-state index contributed by atoms with van der Waals surface area (Å²) in [5, 5.41) is 2.99. The standard InChI is InChI=1S/C28H41NO4S/c1-7-15-28-18-23(12-11-22-19-34-21(3)29-22)32-25(31)14-17-26(4,5)24(30)13-10-20(2)9-8-16-27(28,6)33-28/h7,11-12,19-20,23H,1,8-10,13-18H2,2-6H3. The van der Waals surface area contributed by atoms with Crippen LogP contribution >= 0.6 is 11.3 Å². The topological polar surface area (TPSA) is 68.8 Å². The van der Waals surface area contributed by atoms with Gasteiger partial charge in [0.25, 0.3) is 0 Å². The third-order valence-electron chi connectivity index (χ3n) is 7.67. The number of nitrogens with zero attached hydrogens (tertiary/aromatic N) is 1. The summed E-state index contributed by atoms with van der Waals surface area (Å²) in [5.74, 6) is 0.449. The predicted molar refractivity (Wildman–Crippen MR) is 138 cm³/mol. The van der Waals surface area contributed by atoms with Gasteiger partial charge in [-0.2, -0.15) is 0 Å². The SMILES string of the molecule is C=CCC12CC(C=Cc3csc(C)n3)OC(=O)CCC(C)(C)C(=O)CCC(C)CCCC1(C)O2. The first kappa shape index (κ1) is 26.8. The summed E-state index contributed by atoms with van der Waals surface area (Å²) >= 11 is 1.59. The normalized spacial score (nSPS) is 33.3. The lowest BCUT2D eigenvalue weighted by Crippen LogP contribution is -2.31. The molecule has 0 spiro atoms. The molecule has 4 unspecified atom stereocenters. The maximum Gasteiger partial charge on any atom is 0.306 e. The number of ether oxygens (including phenoxy) is 2. The minimum Gasteiger partial charge on any atom is -0.458 e. The van der Waals surface area contributed by atoms with Crippen molar-refractivity contribution in [2.24, 2.45) is 11.3 Å². The lowest BCUT2D eigenvalue weighted by Gasteiger charge is -2.25. The van der Waals surface area contributed by atoms with Crippen molar-refractivity contribution in [2.75, 3.05) is 0 Å². The lowest BCUT2D eigenvalue weighted by atomic mass is 9.79. The Labute approximate surface area is 209 Å². The molecular weight excluding hydrogens is 446 g/mol. The molecule has 0 saturated carbocycles. The quantitative estimate of drug-likeness (QED) is 0.264. The maximum absolute atomic E-state index is 12.9. The van der Waals surface area contributed by atoms with Crippen molar-refractivity contribution in [1.29, 1.82) is 0 Å². The third-order valence-corrected chi connectivity index (χ3v) is 8.46. The number of rotatable bonds is 4. The second-order valence-electron chi connectivity index (χ2n) is 11.0. The lowest BCUT2D eigenvalue weighted by molar-refractivity contribution is -0.148. The molecule has 3 heterocycles. The highest BCUT2D eigenvalue weighted by Gasteiger charge is 2.65. The Kier molecular flexibility index (Phi) is 8.56. The molecule has 4 atom stereocenters. The van der Waals surface area contributed by atoms with Gasteiger partial charge in [-0.05, 0) is 57.6 Å². The van der Waals surface area contributed by atoms with Crippen LogP contribution in [0.2, 0.25) is 0 Å². The fraction of sp³-hybridized carbons (Fsp3) is 0.679. The van der Waals surface area contributed by atoms with E-state index in [2.05, 4.69) is 25.4 Å². The Hall–Kier alpha value is -1.79. The van der Waals surface area contributed by atoms with Crippen molar-refractivity contribution in [1.82, 2.24) is 4.98 Å². The number of aromatic nitrogens is 1. The van der Waals surface area contributed by atoms with Gasteiger partial charge in [0, 0.05) is 30.1 Å². The van der Waals surface area contributed by atoms with Gasteiger partial charge in [0.1, 0.15) is 17.5 Å². The van der Waals surface area contributed by atoms with Crippen molar-refractivity contribution in [3.05, 3.63) is 34.8 Å². The van der Waals surface area contributed by atoms with Gasteiger partial charge in [-0.25, -0.2) is 4.98 Å². The van der Waals surface area contributed by atoms with Crippen LogP contribution < -0.4 is 0 Å². The number of carbonyl (C=O) groups excluding carboxylic acids is 2. The summed E-state index contributed by atoms with van der Waals surface area (Å²) in [4.78, 5) is 30.2. The van der Waals surface area contributed by atoms with E-state index in [0.717, 1.165) is 42.8 Å². The molecule has 6 heteroatoms. The number of aryl methyl sites for hydroxylation is 1. The van der Waals surface area contributed by atoms with Crippen molar-refractivity contribution < 1.29 is 19.1 Å². The molecule has 2 saturated heterocycles. The Balaban J connectivity index is 1.83. The molecule has 3 rings (SSSR count). The molecule has 0 bridgehead atoms. The molecule has 2 aliphatic heterocycles. The number of cyclic esters (lactones) is 1. The Morgan fingerprint density at radius 1 is 1.21 bits per heavy atom. The Morgan fingerprint density at radius 3 is 2.65 bits per heavy atom. The van der Waals surface area contributed by atoms with E-state index in [9.17, 15) is 9.59 Å². The second-order valence-corrected chi connectivity index (χ2v) is 12.1. The van der Waals surface area contributed by atoms with Crippen LogP contribution in [-0.4, -0.2) is 34.0 Å². The zero-order chi connectivity index (χ0) is 25.0. The number of thiazole rings is 1. The molecule has 2 fully saturated rings. The molecule has 2 aliphatic rings. The van der Waals surface area contributed by atoms with Gasteiger partial charge in [0.2, 0.25) is 0 Å². The van der Waals surface area contributed by atoms with E-state index < -0.39 is 11.5 Å². The summed E-state index contributed by atoms with van der Waals surface area (Å²) in [5.41, 5.74) is -0.298. The van der Waals surface area contributed by atoms with E-state index in [1.807, 2.05) is 44.4 Å². The molecule has 188 valence electrons. The van der Waals surface area contributed by atoms with E-state index in [1.165, 1.54) is 0 Å². The fourth-order valence-electron chi connectivity index (χ4n) is 5.08. The van der Waals surface area contributed by atoms with Crippen molar-refractivity contribution >= 4 is 29.2 Å². The van der Waals surface area contributed by atoms with Crippen LogP contribution in [0.25, 0.3) is 6.08 Å². The van der Waals surface area contributed by atoms with Gasteiger partial charge < -0.3 is 9.47 Å². The van der Waals surface area contributed by atoms with Gasteiger partial charge >= 0.3 is 5.97 Å². The van der Waals surface area contributed by atoms with Gasteiger partial charge in [-0.15, -0.1) is 17.9 Å². The summed E-state index contributed by atoms with van der Waals surface area (Å²) in [7, 11) is 0. The molecular formula is C28H41NO4S. The van der Waals surface area contributed by atoms with Crippen LogP contribution in [-0.2, 0) is 19.1 Å². The molecule has 0 aliphatic carbocycles. The van der Waals surface area contributed by atoms with Gasteiger partial charge in [-0.3, -0.25) is 9.59 Å². The van der Waals surface area contributed by atoms with Crippen molar-refractivity contribution in [2.45, 2.75) is 110 Å². The van der Waals surface area contributed by atoms with Crippen LogP contribution in [0.4, 0.5) is 0 Å². The van der Waals surface area contributed by atoms with Crippen LogP contribution in [0.15, 0.2) is 24.1 Å². The van der Waals surface area contributed by atoms with Crippen LogP contribution in [0.1, 0.15) is 96.2 Å². The predicted octanol–water partition coefficient (Wildman–Crippen LogP) is 6.85. The fourth-order valence-corrected chi connectivity index (χ4v) is 5.66. The largest absolute Gasteiger partial charge is 0.458 e. The van der Waals surface area contributed by atoms with E-state index in [0.29, 0.717) is 25.2 Å². The number of carbonyl (C=O) groups is 2. The van der Waals surface area contributed by atoms with Crippen LogP contribution in [0.3, 0.4) is 0 Å². The molecule has 1 aromatic rings. The highest BCUT2D eigenvalue weighted by molar-refractivity contribution is 7.09. The van der Waals surface area contributed by atoms with Gasteiger partial charge in [0.15, 0.2) is 0 Å². The first-order chi connectivity index (χ1) is 16.0. The zero-order valence-corrected chi connectivity index (χ0v) is 22.3. The molecule has 5 nitrogen and oxygen atoms in total. The molecule has 1 aromatic heterocycles. The summed E-state index contributed by atoms with van der Waals surface area (Å²) in [6.07, 6.45) is 11.9. The number of esters is 1. The molecule has 34 heavy (non-hydrogen) atoms. The second kappa shape index (κ2) is 10.9. The Bertz CT molecular complexity index is 919. The number of fused-ring (bicyclic) bond motifs is 1. The average molecular weight is 488 g/mol. The number of epoxide rings is 1. The minimum atomic E-state index is -0.526. The summed E-state index contributed by atoms with van der Waals surface area (Å²) in [6, 6.07) is 0. The molecule has 0 aromatic carbocycles. The van der Waals surface area contributed by atoms with E-state index >= 15 is 0 Å².